The normalized spacial score (nSPS) is 21.7. The maximum absolute atomic E-state index is 15.5. The average Bonchev–Trinajstić information content (AvgIpc) is 3.47. The van der Waals surface area contributed by atoms with Crippen molar-refractivity contribution in [2.45, 2.75) is 58.4 Å². The Morgan fingerprint density at radius 2 is 2.00 bits per heavy atom. The lowest BCUT2D eigenvalue weighted by molar-refractivity contribution is -0.154. The van der Waals surface area contributed by atoms with Crippen LogP contribution < -0.4 is 15.8 Å². The van der Waals surface area contributed by atoms with Crippen molar-refractivity contribution in [3.63, 3.8) is 0 Å². The molecule has 34 heavy (non-hydrogen) atoms. The maximum Gasteiger partial charge on any atom is 0.243 e. The molecule has 3 N–H and O–H groups in total. The molecule has 0 aromatic carbocycles. The Hall–Kier alpha value is -2.53. The number of anilines is 2. The number of likely N-dealkylation sites (N-methyl/N-ethyl adjacent to an activating group) is 1. The van der Waals surface area contributed by atoms with Crippen molar-refractivity contribution < 1.29 is 19.2 Å². The number of carbonyl (C=O) groups is 2. The van der Waals surface area contributed by atoms with E-state index in [1.54, 1.807) is 0 Å². The second-order valence-electron chi connectivity index (χ2n) is 9.82. The third kappa shape index (κ3) is 6.32. The van der Waals surface area contributed by atoms with Crippen LogP contribution in [0, 0.1) is 23.6 Å². The number of hydrazine groups is 1. The molecule has 2 amide bonds. The molecule has 0 unspecified atom stereocenters. The van der Waals surface area contributed by atoms with E-state index in [0.29, 0.717) is 48.7 Å². The van der Waals surface area contributed by atoms with E-state index in [4.69, 9.17) is 0 Å². The summed E-state index contributed by atoms with van der Waals surface area (Å²) in [7, 11) is 4.03. The average molecular weight is 480 g/mol. The summed E-state index contributed by atoms with van der Waals surface area (Å²) < 4.78 is 15.5. The molecule has 1 saturated carbocycles. The Kier molecular flexibility index (Phi) is 9.01. The lowest BCUT2D eigenvalue weighted by Crippen LogP contribution is -2.41. The minimum atomic E-state index is -0.624. The van der Waals surface area contributed by atoms with Crippen molar-refractivity contribution in [1.82, 2.24) is 25.4 Å². The number of carbonyl (C=O) groups excluding carboxylic acids is 2. The monoisotopic (exact) mass is 479 g/mol. The molecule has 2 fully saturated rings. The summed E-state index contributed by atoms with van der Waals surface area (Å²) in [6.07, 6.45) is 5.63. The standard InChI is InChI=1S/C23H38FN7O3/c1-5-19-25-21(20(24)22(26-19)30-11-15(2)18(13-30)29(3)4)27-28-23(33)17(12-31(34)14-32)10-16-8-6-7-9-16/h14-18,34H,5-13H2,1-4H3,(H,28,33)(H,25,26,27)/t15-,17+,18-/m1/s1. The highest BCUT2D eigenvalue weighted by molar-refractivity contribution is 5.80. The Morgan fingerprint density at radius 1 is 1.29 bits per heavy atom. The van der Waals surface area contributed by atoms with E-state index >= 15 is 4.39 Å². The van der Waals surface area contributed by atoms with Crippen LogP contribution in [0.3, 0.4) is 0 Å². The van der Waals surface area contributed by atoms with Gasteiger partial charge in [0, 0.05) is 25.6 Å². The Bertz CT molecular complexity index is 850. The summed E-state index contributed by atoms with van der Waals surface area (Å²) in [6, 6.07) is 0.283. The van der Waals surface area contributed by atoms with Gasteiger partial charge in [-0.15, -0.1) is 0 Å². The van der Waals surface area contributed by atoms with Crippen LogP contribution in [-0.4, -0.2) is 77.2 Å². The summed E-state index contributed by atoms with van der Waals surface area (Å²) in [5, 5.41) is 10.1. The molecule has 1 aliphatic carbocycles. The van der Waals surface area contributed by atoms with Crippen LogP contribution in [0.1, 0.15) is 51.8 Å². The molecule has 3 atom stereocenters. The lowest BCUT2D eigenvalue weighted by Gasteiger charge is -2.24. The highest BCUT2D eigenvalue weighted by Gasteiger charge is 2.34. The largest absolute Gasteiger partial charge is 0.352 e. The maximum atomic E-state index is 15.5. The zero-order valence-corrected chi connectivity index (χ0v) is 20.6. The van der Waals surface area contributed by atoms with Crippen molar-refractivity contribution in [1.29, 1.82) is 0 Å². The van der Waals surface area contributed by atoms with Gasteiger partial charge in [0.2, 0.25) is 18.1 Å². The molecular weight excluding hydrogens is 441 g/mol. The first-order valence-corrected chi connectivity index (χ1v) is 12.2. The number of aromatic nitrogens is 2. The van der Waals surface area contributed by atoms with Gasteiger partial charge in [-0.1, -0.05) is 39.5 Å². The second-order valence-corrected chi connectivity index (χ2v) is 9.82. The highest BCUT2D eigenvalue weighted by Crippen LogP contribution is 2.31. The zero-order chi connectivity index (χ0) is 24.8. The van der Waals surface area contributed by atoms with Crippen molar-refractivity contribution in [3.8, 4) is 0 Å². The van der Waals surface area contributed by atoms with Crippen molar-refractivity contribution in [3.05, 3.63) is 11.6 Å². The number of hydrogen-bond donors (Lipinski definition) is 3. The summed E-state index contributed by atoms with van der Waals surface area (Å²) >= 11 is 0. The third-order valence-electron chi connectivity index (χ3n) is 7.03. The molecule has 10 nitrogen and oxygen atoms in total. The molecule has 11 heteroatoms. The van der Waals surface area contributed by atoms with Crippen molar-refractivity contribution in [2.75, 3.05) is 44.1 Å². The molecule has 2 heterocycles. The highest BCUT2D eigenvalue weighted by atomic mass is 19.1. The number of amides is 2. The molecule has 2 aliphatic rings. The minimum Gasteiger partial charge on any atom is -0.352 e. The van der Waals surface area contributed by atoms with Gasteiger partial charge < -0.3 is 9.80 Å². The van der Waals surface area contributed by atoms with E-state index in [9.17, 15) is 14.8 Å². The number of rotatable bonds is 11. The van der Waals surface area contributed by atoms with Gasteiger partial charge in [0.1, 0.15) is 5.82 Å². The summed E-state index contributed by atoms with van der Waals surface area (Å²) in [5.74, 6) is -0.342. The van der Waals surface area contributed by atoms with E-state index in [1.807, 2.05) is 25.9 Å². The molecule has 3 rings (SSSR count). The first-order valence-electron chi connectivity index (χ1n) is 12.2. The van der Waals surface area contributed by atoms with Gasteiger partial charge in [0.05, 0.1) is 12.5 Å². The molecule has 1 aromatic heterocycles. The predicted octanol–water partition coefficient (Wildman–Crippen LogP) is 2.05. The third-order valence-corrected chi connectivity index (χ3v) is 7.03. The lowest BCUT2D eigenvalue weighted by atomic mass is 9.92. The number of nitrogens with zero attached hydrogens (tertiary/aromatic N) is 5. The van der Waals surface area contributed by atoms with Crippen LogP contribution in [0.2, 0.25) is 0 Å². The summed E-state index contributed by atoms with van der Waals surface area (Å²) in [4.78, 5) is 36.6. The Balaban J connectivity index is 1.74. The molecule has 0 bridgehead atoms. The molecular formula is C23H38FN7O3. The second kappa shape index (κ2) is 11.7. The van der Waals surface area contributed by atoms with Crippen LogP contribution in [0.15, 0.2) is 0 Å². The van der Waals surface area contributed by atoms with Crippen molar-refractivity contribution in [2.24, 2.45) is 17.8 Å². The smallest absolute Gasteiger partial charge is 0.243 e. The number of hydrogen-bond acceptors (Lipinski definition) is 8. The molecule has 0 spiro atoms. The first kappa shape index (κ1) is 26.1. The topological polar surface area (TPSA) is 114 Å². The van der Waals surface area contributed by atoms with Gasteiger partial charge >= 0.3 is 0 Å². The molecule has 0 radical (unpaired) electrons. The fourth-order valence-corrected chi connectivity index (χ4v) is 5.13. The fraction of sp³-hybridized carbons (Fsp3) is 0.739. The minimum absolute atomic E-state index is 0.0907. The predicted molar refractivity (Wildman–Crippen MR) is 127 cm³/mol. The van der Waals surface area contributed by atoms with E-state index in [2.05, 4.69) is 32.6 Å². The number of halogens is 1. The number of aryl methyl sites for hydroxylation is 1. The van der Waals surface area contributed by atoms with Gasteiger partial charge in [-0.3, -0.25) is 25.6 Å². The van der Waals surface area contributed by atoms with Crippen LogP contribution in [0.25, 0.3) is 0 Å². The number of nitrogens with one attached hydrogen (secondary N) is 2. The zero-order valence-electron chi connectivity index (χ0n) is 20.6. The first-order chi connectivity index (χ1) is 16.2. The van der Waals surface area contributed by atoms with Crippen LogP contribution in [0.5, 0.6) is 0 Å². The van der Waals surface area contributed by atoms with Gasteiger partial charge in [-0.25, -0.2) is 15.0 Å². The van der Waals surface area contributed by atoms with Crippen LogP contribution >= 0.6 is 0 Å². The SMILES string of the molecule is CCc1nc(NNC(=O)[C@@H](CC2CCCC2)CN(O)C=O)c(F)c(N2C[C@@H](C)[C@H](N(C)C)C2)n1. The van der Waals surface area contributed by atoms with Gasteiger partial charge in [0.25, 0.3) is 0 Å². The van der Waals surface area contributed by atoms with E-state index in [1.165, 1.54) is 0 Å². The van der Waals surface area contributed by atoms with Crippen molar-refractivity contribution >= 4 is 24.0 Å². The van der Waals surface area contributed by atoms with Gasteiger partial charge in [-0.05, 0) is 32.4 Å². The van der Waals surface area contributed by atoms with Gasteiger partial charge in [-0.2, -0.15) is 4.39 Å². The molecule has 1 aliphatic heterocycles. The molecule has 1 aromatic rings. The molecule has 190 valence electrons. The van der Waals surface area contributed by atoms with Crippen LogP contribution in [-0.2, 0) is 16.0 Å². The van der Waals surface area contributed by atoms with Crippen LogP contribution in [0.4, 0.5) is 16.0 Å². The van der Waals surface area contributed by atoms with Gasteiger partial charge in [0.15, 0.2) is 11.6 Å². The Labute approximate surface area is 200 Å². The quantitative estimate of drug-likeness (QED) is 0.251. The fourth-order valence-electron chi connectivity index (χ4n) is 5.13. The molecule has 1 saturated heterocycles. The number of hydroxylamine groups is 2. The van der Waals surface area contributed by atoms with E-state index in [-0.39, 0.29) is 30.6 Å². The van der Waals surface area contributed by atoms with E-state index < -0.39 is 17.6 Å². The Morgan fingerprint density at radius 3 is 2.59 bits per heavy atom. The summed E-state index contributed by atoms with van der Waals surface area (Å²) in [5.41, 5.74) is 5.19. The van der Waals surface area contributed by atoms with E-state index in [0.717, 1.165) is 25.7 Å². The summed E-state index contributed by atoms with van der Waals surface area (Å²) in [6.45, 7) is 5.23.